The van der Waals surface area contributed by atoms with Crippen LogP contribution in [0.25, 0.3) is 0 Å². The van der Waals surface area contributed by atoms with Gasteiger partial charge in [0.2, 0.25) is 0 Å². The quantitative estimate of drug-likeness (QED) is 0.829. The van der Waals surface area contributed by atoms with Crippen LogP contribution < -0.4 is 0 Å². The van der Waals surface area contributed by atoms with Crippen LogP contribution in [0, 0.1) is 6.92 Å². The van der Waals surface area contributed by atoms with Gasteiger partial charge in [0.1, 0.15) is 0 Å². The molecule has 0 amide bonds. The van der Waals surface area contributed by atoms with Crippen LogP contribution in [0.2, 0.25) is 0 Å². The summed E-state index contributed by atoms with van der Waals surface area (Å²) in [7, 11) is 0. The first-order chi connectivity index (χ1) is 10.8. The molecule has 2 aromatic heterocycles. The van der Waals surface area contributed by atoms with Crippen LogP contribution in [0.5, 0.6) is 0 Å². The predicted octanol–water partition coefficient (Wildman–Crippen LogP) is 2.17. The molecule has 22 heavy (non-hydrogen) atoms. The van der Waals surface area contributed by atoms with Crippen molar-refractivity contribution in [1.82, 2.24) is 14.5 Å². The Morgan fingerprint density at radius 3 is 3.05 bits per heavy atom. The van der Waals surface area contributed by atoms with Crippen LogP contribution in [0.1, 0.15) is 27.6 Å². The molecule has 1 aliphatic heterocycles. The fourth-order valence-corrected chi connectivity index (χ4v) is 3.79. The molecule has 120 valence electrons. The van der Waals surface area contributed by atoms with Gasteiger partial charge in [-0.25, -0.2) is 4.98 Å². The molecule has 3 heterocycles. The second kappa shape index (κ2) is 7.37. The molecule has 3 rings (SSSR count). The van der Waals surface area contributed by atoms with Crippen molar-refractivity contribution in [3.05, 3.63) is 39.6 Å². The van der Waals surface area contributed by atoms with Crippen molar-refractivity contribution in [2.45, 2.75) is 39.6 Å². The number of thiophene rings is 1. The second-order valence-electron chi connectivity index (χ2n) is 5.68. The average molecular weight is 321 g/mol. The minimum absolute atomic E-state index is 0.0555. The molecule has 0 aromatic carbocycles. The molecule has 5 nitrogen and oxygen atoms in total. The summed E-state index contributed by atoms with van der Waals surface area (Å²) in [4.78, 5) is 9.77. The molecule has 0 unspecified atom stereocenters. The van der Waals surface area contributed by atoms with Crippen molar-refractivity contribution < 1.29 is 9.84 Å². The zero-order chi connectivity index (χ0) is 15.4. The van der Waals surface area contributed by atoms with Crippen molar-refractivity contribution >= 4 is 11.3 Å². The highest BCUT2D eigenvalue weighted by Crippen LogP contribution is 2.22. The van der Waals surface area contributed by atoms with Crippen molar-refractivity contribution in [2.75, 3.05) is 19.8 Å². The summed E-state index contributed by atoms with van der Waals surface area (Å²) >= 11 is 1.88. The number of hydrogen-bond acceptors (Lipinski definition) is 5. The number of aliphatic hydroxyl groups excluding tert-OH is 1. The number of aromatic nitrogens is 2. The van der Waals surface area contributed by atoms with Gasteiger partial charge in [0.15, 0.2) is 0 Å². The zero-order valence-corrected chi connectivity index (χ0v) is 13.8. The third kappa shape index (κ3) is 3.76. The lowest BCUT2D eigenvalue weighted by atomic mass is 10.3. The first-order valence-corrected chi connectivity index (χ1v) is 8.57. The number of aryl methyl sites for hydroxylation is 2. The van der Waals surface area contributed by atoms with E-state index in [0.717, 1.165) is 38.3 Å². The Bertz CT molecular complexity index is 608. The van der Waals surface area contributed by atoms with Gasteiger partial charge in [-0.15, -0.1) is 11.3 Å². The summed E-state index contributed by atoms with van der Waals surface area (Å²) in [6.07, 6.45) is 3.07. The maximum atomic E-state index is 8.83. The molecule has 0 spiro atoms. The molecule has 1 N–H and O–H groups in total. The number of rotatable bonds is 6. The van der Waals surface area contributed by atoms with E-state index < -0.39 is 0 Å². The molecule has 0 atom stereocenters. The molecule has 2 aromatic rings. The van der Waals surface area contributed by atoms with E-state index in [1.54, 1.807) is 0 Å². The normalized spacial score (nSPS) is 15.7. The van der Waals surface area contributed by atoms with Gasteiger partial charge in [0, 0.05) is 35.9 Å². The van der Waals surface area contributed by atoms with Crippen LogP contribution in [0.3, 0.4) is 0 Å². The number of aliphatic hydroxyl groups is 1. The lowest BCUT2D eigenvalue weighted by Gasteiger charge is -2.19. The summed E-state index contributed by atoms with van der Waals surface area (Å²) in [6, 6.07) is 4.42. The Balaban J connectivity index is 1.69. The molecule has 0 fully saturated rings. The average Bonchev–Trinajstić information content (AvgIpc) is 3.01. The second-order valence-corrected chi connectivity index (χ2v) is 7.06. The van der Waals surface area contributed by atoms with E-state index in [0.29, 0.717) is 13.2 Å². The number of hydrogen-bond donors (Lipinski definition) is 1. The van der Waals surface area contributed by atoms with E-state index in [-0.39, 0.29) is 6.61 Å². The van der Waals surface area contributed by atoms with E-state index in [1.807, 2.05) is 17.7 Å². The molecular formula is C16H23N3O2S. The predicted molar refractivity (Wildman–Crippen MR) is 86.8 cm³/mol. The summed E-state index contributed by atoms with van der Waals surface area (Å²) in [5.41, 5.74) is 2.26. The van der Waals surface area contributed by atoms with Gasteiger partial charge in [-0.2, -0.15) is 0 Å². The van der Waals surface area contributed by atoms with E-state index in [4.69, 9.17) is 9.84 Å². The largest absolute Gasteiger partial charge is 0.394 e. The Kier molecular flexibility index (Phi) is 5.25. The van der Waals surface area contributed by atoms with Crippen molar-refractivity contribution in [3.63, 3.8) is 0 Å². The lowest BCUT2D eigenvalue weighted by Crippen LogP contribution is -2.23. The Labute approximate surface area is 135 Å². The fourth-order valence-electron chi connectivity index (χ4n) is 2.86. The van der Waals surface area contributed by atoms with Gasteiger partial charge in [-0.1, -0.05) is 0 Å². The van der Waals surface area contributed by atoms with Crippen LogP contribution in [-0.4, -0.2) is 39.3 Å². The van der Waals surface area contributed by atoms with Gasteiger partial charge in [-0.3, -0.25) is 4.90 Å². The number of ether oxygens (including phenoxy) is 1. The van der Waals surface area contributed by atoms with E-state index in [9.17, 15) is 0 Å². The maximum absolute atomic E-state index is 8.83. The van der Waals surface area contributed by atoms with Gasteiger partial charge < -0.3 is 14.4 Å². The highest BCUT2D eigenvalue weighted by Gasteiger charge is 2.19. The molecule has 0 radical (unpaired) electrons. The van der Waals surface area contributed by atoms with Crippen molar-refractivity contribution in [3.8, 4) is 0 Å². The third-order valence-electron chi connectivity index (χ3n) is 3.93. The smallest absolute Gasteiger partial charge is 0.0953 e. The lowest BCUT2D eigenvalue weighted by molar-refractivity contribution is 0.0790. The molecule has 0 saturated heterocycles. The van der Waals surface area contributed by atoms with Crippen LogP contribution >= 0.6 is 11.3 Å². The Morgan fingerprint density at radius 2 is 2.27 bits per heavy atom. The zero-order valence-electron chi connectivity index (χ0n) is 13.0. The van der Waals surface area contributed by atoms with Gasteiger partial charge in [0.05, 0.1) is 37.5 Å². The van der Waals surface area contributed by atoms with Crippen molar-refractivity contribution in [2.24, 2.45) is 0 Å². The van der Waals surface area contributed by atoms with Crippen LogP contribution in [-0.2, 0) is 31.0 Å². The topological polar surface area (TPSA) is 50.5 Å². The van der Waals surface area contributed by atoms with Gasteiger partial charge in [-0.05, 0) is 25.5 Å². The summed E-state index contributed by atoms with van der Waals surface area (Å²) in [6.45, 7) is 7.09. The summed E-state index contributed by atoms with van der Waals surface area (Å²) in [5, 5.41) is 8.83. The number of nitrogens with zero attached hydrogens (tertiary/aromatic N) is 3. The highest BCUT2D eigenvalue weighted by atomic mass is 32.1. The fraction of sp³-hybridized carbons (Fsp3) is 0.562. The summed E-state index contributed by atoms with van der Waals surface area (Å²) < 4.78 is 7.70. The minimum Gasteiger partial charge on any atom is -0.394 e. The van der Waals surface area contributed by atoms with Gasteiger partial charge in [0.25, 0.3) is 0 Å². The van der Waals surface area contributed by atoms with E-state index >= 15 is 0 Å². The number of fused-ring (bicyclic) bond motifs is 1. The molecule has 0 bridgehead atoms. The molecule has 0 aliphatic carbocycles. The summed E-state index contributed by atoms with van der Waals surface area (Å²) in [5.74, 6) is 0. The number of imidazole rings is 1. The third-order valence-corrected chi connectivity index (χ3v) is 4.91. The van der Waals surface area contributed by atoms with Gasteiger partial charge >= 0.3 is 0 Å². The molecule has 6 heteroatoms. The van der Waals surface area contributed by atoms with E-state index in [2.05, 4.69) is 33.5 Å². The highest BCUT2D eigenvalue weighted by molar-refractivity contribution is 7.11. The molecular weight excluding hydrogens is 298 g/mol. The monoisotopic (exact) mass is 321 g/mol. The van der Waals surface area contributed by atoms with Crippen LogP contribution in [0.4, 0.5) is 0 Å². The van der Waals surface area contributed by atoms with Crippen LogP contribution in [0.15, 0.2) is 18.5 Å². The SMILES string of the molecule is Cc1ccc(CN2CCCn3cnc(COCCO)c3C2)s1. The first kappa shape index (κ1) is 15.7. The Morgan fingerprint density at radius 1 is 1.36 bits per heavy atom. The maximum Gasteiger partial charge on any atom is 0.0953 e. The first-order valence-electron chi connectivity index (χ1n) is 7.75. The van der Waals surface area contributed by atoms with E-state index in [1.165, 1.54) is 15.4 Å². The molecule has 0 saturated carbocycles. The van der Waals surface area contributed by atoms with Crippen molar-refractivity contribution in [1.29, 1.82) is 0 Å². The minimum atomic E-state index is 0.0555. The Hall–Kier alpha value is -1.21. The molecule has 1 aliphatic rings. The standard InChI is InChI=1S/C16H23N3O2S/c1-13-3-4-14(22-13)9-18-5-2-6-19-12-17-15(16(19)10-18)11-21-8-7-20/h3-4,12,20H,2,5-11H2,1H3.